The molecule has 0 saturated heterocycles. The van der Waals surface area contributed by atoms with Crippen LogP contribution < -0.4 is 5.73 Å². The molecular weight excluding hydrogens is 200 g/mol. The minimum atomic E-state index is -0.876. The molecule has 3 N–H and O–H groups in total. The summed E-state index contributed by atoms with van der Waals surface area (Å²) in [5.74, 6) is -0.856. The molecule has 0 aromatic carbocycles. The fourth-order valence-electron chi connectivity index (χ4n) is 1.11. The van der Waals surface area contributed by atoms with Crippen molar-refractivity contribution in [2.45, 2.75) is 20.3 Å². The average molecular weight is 214 g/mol. The smallest absolute Gasteiger partial charge is 0.311 e. The Morgan fingerprint density at radius 3 is 2.79 bits per heavy atom. The van der Waals surface area contributed by atoms with Crippen molar-refractivity contribution in [1.29, 1.82) is 0 Å². The quantitative estimate of drug-likeness (QED) is 0.785. The molecule has 14 heavy (non-hydrogen) atoms. The van der Waals surface area contributed by atoms with Crippen molar-refractivity contribution in [1.82, 2.24) is 4.98 Å². The maximum Gasteiger partial charge on any atom is 0.311 e. The summed E-state index contributed by atoms with van der Waals surface area (Å²) in [4.78, 5) is 16.0. The lowest BCUT2D eigenvalue weighted by Crippen LogP contribution is -2.37. The summed E-state index contributed by atoms with van der Waals surface area (Å²) in [6.45, 7) is 3.69. The van der Waals surface area contributed by atoms with Crippen molar-refractivity contribution >= 4 is 17.3 Å². The van der Waals surface area contributed by atoms with Gasteiger partial charge in [0.2, 0.25) is 0 Å². The highest BCUT2D eigenvalue weighted by Gasteiger charge is 2.32. The van der Waals surface area contributed by atoms with Crippen LogP contribution in [0.25, 0.3) is 0 Å². The number of thiazole rings is 1. The third-order valence-electron chi connectivity index (χ3n) is 2.20. The lowest BCUT2D eigenvalue weighted by molar-refractivity contribution is -0.147. The van der Waals surface area contributed by atoms with E-state index in [4.69, 9.17) is 10.8 Å². The fraction of sp³-hybridized carbons (Fsp3) is 0.556. The van der Waals surface area contributed by atoms with Crippen molar-refractivity contribution in [3.63, 3.8) is 0 Å². The first-order valence-corrected chi connectivity index (χ1v) is 5.14. The zero-order valence-corrected chi connectivity index (χ0v) is 9.10. The molecule has 0 bridgehead atoms. The zero-order chi connectivity index (χ0) is 10.8. The maximum atomic E-state index is 11.0. The molecule has 5 heteroatoms. The lowest BCUT2D eigenvalue weighted by Gasteiger charge is -2.21. The first-order chi connectivity index (χ1) is 6.48. The van der Waals surface area contributed by atoms with Crippen molar-refractivity contribution < 1.29 is 9.90 Å². The molecule has 1 aromatic rings. The van der Waals surface area contributed by atoms with E-state index in [0.717, 1.165) is 9.88 Å². The molecule has 0 aliphatic carbocycles. The third-order valence-corrected chi connectivity index (χ3v) is 3.11. The molecule has 4 nitrogen and oxygen atoms in total. The minimum Gasteiger partial charge on any atom is -0.481 e. The molecular formula is C9H14N2O2S. The van der Waals surface area contributed by atoms with Gasteiger partial charge in [0.05, 0.1) is 10.4 Å². The zero-order valence-electron chi connectivity index (χ0n) is 8.28. The molecule has 0 fully saturated rings. The van der Waals surface area contributed by atoms with Crippen molar-refractivity contribution in [3.8, 4) is 0 Å². The topological polar surface area (TPSA) is 76.2 Å². The van der Waals surface area contributed by atoms with E-state index in [1.54, 1.807) is 13.1 Å². The number of aliphatic carboxylic acids is 1. The van der Waals surface area contributed by atoms with Gasteiger partial charge >= 0.3 is 5.97 Å². The van der Waals surface area contributed by atoms with Gasteiger partial charge in [-0.25, -0.2) is 4.98 Å². The van der Waals surface area contributed by atoms with Gasteiger partial charge < -0.3 is 10.8 Å². The predicted molar refractivity (Wildman–Crippen MR) is 55.4 cm³/mol. The summed E-state index contributed by atoms with van der Waals surface area (Å²) in [6.07, 6.45) is 2.17. The van der Waals surface area contributed by atoms with E-state index in [2.05, 4.69) is 4.98 Å². The third kappa shape index (κ3) is 2.30. The monoisotopic (exact) mass is 214 g/mol. The normalized spacial score (nSPS) is 15.1. The summed E-state index contributed by atoms with van der Waals surface area (Å²) in [7, 11) is 0. The Morgan fingerprint density at radius 2 is 2.43 bits per heavy atom. The Balaban J connectivity index is 2.80. The van der Waals surface area contributed by atoms with Gasteiger partial charge in [0, 0.05) is 24.0 Å². The average Bonchev–Trinajstić information content (AvgIpc) is 2.50. The van der Waals surface area contributed by atoms with E-state index in [1.165, 1.54) is 11.3 Å². The van der Waals surface area contributed by atoms with E-state index < -0.39 is 11.4 Å². The maximum absolute atomic E-state index is 11.0. The SMILES string of the molecule is Cc1ncc(CC(C)(CN)C(=O)O)s1. The molecule has 0 aliphatic rings. The van der Waals surface area contributed by atoms with Crippen LogP contribution in [0.15, 0.2) is 6.20 Å². The van der Waals surface area contributed by atoms with E-state index in [0.29, 0.717) is 6.42 Å². The van der Waals surface area contributed by atoms with E-state index >= 15 is 0 Å². The number of hydrogen-bond acceptors (Lipinski definition) is 4. The first-order valence-electron chi connectivity index (χ1n) is 4.33. The Kier molecular flexibility index (Phi) is 3.23. The van der Waals surface area contributed by atoms with Gasteiger partial charge in [0.25, 0.3) is 0 Å². The van der Waals surface area contributed by atoms with Crippen LogP contribution in [-0.2, 0) is 11.2 Å². The molecule has 0 radical (unpaired) electrons. The molecule has 1 rings (SSSR count). The number of nitrogens with zero attached hydrogens (tertiary/aromatic N) is 1. The largest absolute Gasteiger partial charge is 0.481 e. The predicted octanol–water partition coefficient (Wildman–Crippen LogP) is 1.04. The van der Waals surface area contributed by atoms with Crippen LogP contribution in [0.1, 0.15) is 16.8 Å². The number of rotatable bonds is 4. The molecule has 1 heterocycles. The van der Waals surface area contributed by atoms with Crippen LogP contribution >= 0.6 is 11.3 Å². The van der Waals surface area contributed by atoms with Crippen LogP contribution in [0.3, 0.4) is 0 Å². The molecule has 0 amide bonds. The van der Waals surface area contributed by atoms with Crippen molar-refractivity contribution in [2.24, 2.45) is 11.1 Å². The molecule has 0 aliphatic heterocycles. The molecule has 1 atom stereocenters. The van der Waals surface area contributed by atoms with E-state index in [1.807, 2.05) is 6.92 Å². The van der Waals surface area contributed by atoms with Crippen LogP contribution in [0.4, 0.5) is 0 Å². The van der Waals surface area contributed by atoms with Crippen LogP contribution in [0.5, 0.6) is 0 Å². The summed E-state index contributed by atoms with van der Waals surface area (Å²) < 4.78 is 0. The summed E-state index contributed by atoms with van der Waals surface area (Å²) >= 11 is 1.52. The standard InChI is InChI=1S/C9H14N2O2S/c1-6-11-4-7(14-6)3-9(2,5-10)8(12)13/h4H,3,5,10H2,1-2H3,(H,12,13). The van der Waals surface area contributed by atoms with Gasteiger partial charge in [-0.1, -0.05) is 0 Å². The van der Waals surface area contributed by atoms with Crippen LogP contribution in [0, 0.1) is 12.3 Å². The Hall–Kier alpha value is -0.940. The van der Waals surface area contributed by atoms with Crippen molar-refractivity contribution in [3.05, 3.63) is 16.1 Å². The summed E-state index contributed by atoms with van der Waals surface area (Å²) in [5, 5.41) is 9.95. The van der Waals surface area contributed by atoms with E-state index in [9.17, 15) is 4.79 Å². The van der Waals surface area contributed by atoms with Gasteiger partial charge in [0.1, 0.15) is 0 Å². The van der Waals surface area contributed by atoms with Gasteiger partial charge in [-0.3, -0.25) is 4.79 Å². The number of aryl methyl sites for hydroxylation is 1. The Morgan fingerprint density at radius 1 is 1.79 bits per heavy atom. The van der Waals surface area contributed by atoms with Gasteiger partial charge in [-0.05, 0) is 13.8 Å². The highest BCUT2D eigenvalue weighted by Crippen LogP contribution is 2.24. The number of nitrogens with two attached hydrogens (primary N) is 1. The number of aromatic nitrogens is 1. The molecule has 0 spiro atoms. The number of carbonyl (C=O) groups is 1. The molecule has 1 unspecified atom stereocenters. The first kappa shape index (κ1) is 11.1. The second kappa shape index (κ2) is 4.06. The Labute approximate surface area is 86.8 Å². The summed E-state index contributed by atoms with van der Waals surface area (Å²) in [6, 6.07) is 0. The Bertz CT molecular complexity index is 337. The second-order valence-corrected chi connectivity index (χ2v) is 4.91. The number of carboxylic acid groups (broad SMARTS) is 1. The molecule has 0 saturated carbocycles. The van der Waals surface area contributed by atoms with Crippen LogP contribution in [-0.4, -0.2) is 22.6 Å². The second-order valence-electron chi connectivity index (χ2n) is 3.59. The lowest BCUT2D eigenvalue weighted by atomic mass is 9.87. The molecule has 1 aromatic heterocycles. The van der Waals surface area contributed by atoms with Gasteiger partial charge in [-0.15, -0.1) is 11.3 Å². The van der Waals surface area contributed by atoms with Gasteiger partial charge in [0.15, 0.2) is 0 Å². The molecule has 78 valence electrons. The van der Waals surface area contributed by atoms with Crippen LogP contribution in [0.2, 0.25) is 0 Å². The van der Waals surface area contributed by atoms with E-state index in [-0.39, 0.29) is 6.54 Å². The minimum absolute atomic E-state index is 0.138. The highest BCUT2D eigenvalue weighted by molar-refractivity contribution is 7.11. The number of carboxylic acids is 1. The highest BCUT2D eigenvalue weighted by atomic mass is 32.1. The number of hydrogen-bond donors (Lipinski definition) is 2. The fourth-order valence-corrected chi connectivity index (χ4v) is 2.09. The van der Waals surface area contributed by atoms with Gasteiger partial charge in [-0.2, -0.15) is 0 Å². The summed E-state index contributed by atoms with van der Waals surface area (Å²) in [5.41, 5.74) is 4.59. The van der Waals surface area contributed by atoms with Crippen molar-refractivity contribution in [2.75, 3.05) is 6.54 Å².